The van der Waals surface area contributed by atoms with Crippen LogP contribution in [0.15, 0.2) is 36.5 Å². The largest absolute Gasteiger partial charge is 0.369 e. The van der Waals surface area contributed by atoms with Crippen molar-refractivity contribution < 1.29 is 9.50 Å². The van der Waals surface area contributed by atoms with E-state index in [1.807, 2.05) is 49.2 Å². The molecule has 2 N–H and O–H groups in total. The van der Waals surface area contributed by atoms with Gasteiger partial charge in [-0.1, -0.05) is 50.6 Å². The average molecular weight is 363 g/mol. The van der Waals surface area contributed by atoms with E-state index < -0.39 is 11.9 Å². The van der Waals surface area contributed by atoms with Crippen molar-refractivity contribution in [1.29, 1.82) is 0 Å². The molecule has 1 aromatic rings. The van der Waals surface area contributed by atoms with Crippen LogP contribution >= 0.6 is 0 Å². The summed E-state index contributed by atoms with van der Waals surface area (Å²) in [6, 6.07) is 7.90. The first kappa shape index (κ1) is 20.9. The van der Waals surface area contributed by atoms with Crippen molar-refractivity contribution in [3.05, 3.63) is 47.7 Å². The van der Waals surface area contributed by atoms with Gasteiger partial charge in [-0.2, -0.15) is 0 Å². The summed E-state index contributed by atoms with van der Waals surface area (Å²) in [7, 11) is 0. The molecule has 4 heteroatoms. The van der Waals surface area contributed by atoms with E-state index in [0.29, 0.717) is 19.5 Å². The highest BCUT2D eigenvalue weighted by Gasteiger charge is 2.42. The molecule has 3 nitrogen and oxygen atoms in total. The molecule has 4 atom stereocenters. The molecule has 146 valence electrons. The lowest BCUT2D eigenvalue weighted by Gasteiger charge is -2.41. The van der Waals surface area contributed by atoms with Gasteiger partial charge in [-0.25, -0.2) is 4.39 Å². The predicted molar refractivity (Wildman–Crippen MR) is 107 cm³/mol. The van der Waals surface area contributed by atoms with E-state index in [1.54, 1.807) is 6.92 Å². The van der Waals surface area contributed by atoms with Crippen LogP contribution in [0.3, 0.4) is 0 Å². The molecule has 0 saturated carbocycles. The Balaban J connectivity index is 2.11. The molecule has 1 heterocycles. The summed E-state index contributed by atoms with van der Waals surface area (Å²) in [4.78, 5) is 1.95. The lowest BCUT2D eigenvalue weighted by molar-refractivity contribution is -0.00728. The van der Waals surface area contributed by atoms with Gasteiger partial charge in [0, 0.05) is 37.0 Å². The molecule has 26 heavy (non-hydrogen) atoms. The Morgan fingerprint density at radius 3 is 2.81 bits per heavy atom. The highest BCUT2D eigenvalue weighted by Crippen LogP contribution is 2.35. The van der Waals surface area contributed by atoms with Gasteiger partial charge in [0.25, 0.3) is 0 Å². The molecule has 0 radical (unpaired) electrons. The summed E-state index contributed by atoms with van der Waals surface area (Å²) in [6.45, 7) is 9.92. The number of alkyl halides is 1. The van der Waals surface area contributed by atoms with Gasteiger partial charge >= 0.3 is 0 Å². The summed E-state index contributed by atoms with van der Waals surface area (Å²) in [5.74, 6) is -0.0379. The van der Waals surface area contributed by atoms with E-state index in [1.165, 1.54) is 0 Å². The van der Waals surface area contributed by atoms with Crippen molar-refractivity contribution in [3.63, 3.8) is 0 Å². The first-order valence-corrected chi connectivity index (χ1v) is 9.93. The van der Waals surface area contributed by atoms with Crippen LogP contribution in [0.4, 0.5) is 4.39 Å². The number of halogens is 1. The average Bonchev–Trinajstić information content (AvgIpc) is 2.61. The Kier molecular flexibility index (Phi) is 7.66. The van der Waals surface area contributed by atoms with Gasteiger partial charge in [-0.15, -0.1) is 0 Å². The SMILES string of the molecule is CCCC=CN(CCC1CNCC(C)C1(C)F)C(O)c1ccccc1C. The molecular formula is C22H35FN2O. The molecule has 1 fully saturated rings. The minimum atomic E-state index is -1.17. The summed E-state index contributed by atoms with van der Waals surface area (Å²) in [6.07, 6.45) is 6.12. The van der Waals surface area contributed by atoms with E-state index in [-0.39, 0.29) is 11.8 Å². The highest BCUT2D eigenvalue weighted by atomic mass is 19.1. The third-order valence-electron chi connectivity index (χ3n) is 5.87. The van der Waals surface area contributed by atoms with Crippen molar-refractivity contribution in [2.24, 2.45) is 11.8 Å². The summed E-state index contributed by atoms with van der Waals surface area (Å²) >= 11 is 0. The molecule has 0 bridgehead atoms. The van der Waals surface area contributed by atoms with Crippen LogP contribution in [0, 0.1) is 18.8 Å². The number of rotatable bonds is 8. The van der Waals surface area contributed by atoms with E-state index in [9.17, 15) is 5.11 Å². The highest BCUT2D eigenvalue weighted by molar-refractivity contribution is 5.27. The van der Waals surface area contributed by atoms with Gasteiger partial charge in [0.1, 0.15) is 5.67 Å². The molecule has 2 rings (SSSR count). The molecule has 1 aliphatic rings. The van der Waals surface area contributed by atoms with Crippen LogP contribution in [0.2, 0.25) is 0 Å². The second kappa shape index (κ2) is 9.52. The first-order valence-electron chi connectivity index (χ1n) is 9.93. The van der Waals surface area contributed by atoms with Crippen LogP contribution in [0.25, 0.3) is 0 Å². The van der Waals surface area contributed by atoms with Gasteiger partial charge in [0.2, 0.25) is 0 Å². The monoisotopic (exact) mass is 362 g/mol. The third-order valence-corrected chi connectivity index (χ3v) is 5.87. The van der Waals surface area contributed by atoms with Crippen molar-refractivity contribution in [3.8, 4) is 0 Å². The number of aryl methyl sites for hydroxylation is 1. The maximum Gasteiger partial charge on any atom is 0.153 e. The van der Waals surface area contributed by atoms with E-state index in [0.717, 1.165) is 30.5 Å². The minimum absolute atomic E-state index is 0.00613. The van der Waals surface area contributed by atoms with Gasteiger partial charge in [-0.05, 0) is 38.5 Å². The summed E-state index contributed by atoms with van der Waals surface area (Å²) in [5.41, 5.74) is 0.807. The standard InChI is InChI=1S/C22H35FN2O/c1-5-6-9-13-25(21(26)20-11-8-7-10-17(20)2)14-12-19-16-24-15-18(3)22(19,4)23/h7-11,13,18-19,21,24,26H,5-6,12,14-16H2,1-4H3. The maximum absolute atomic E-state index is 15.1. The number of aliphatic hydroxyl groups is 1. The number of hydrogen-bond acceptors (Lipinski definition) is 3. The topological polar surface area (TPSA) is 35.5 Å². The molecule has 0 aromatic heterocycles. The maximum atomic E-state index is 15.1. The van der Waals surface area contributed by atoms with Gasteiger partial charge in [0.05, 0.1) is 0 Å². The summed E-state index contributed by atoms with van der Waals surface area (Å²) in [5, 5.41) is 14.3. The number of piperidine rings is 1. The van der Waals surface area contributed by atoms with Gasteiger partial charge in [0.15, 0.2) is 6.23 Å². The molecule has 1 saturated heterocycles. The molecule has 0 aliphatic carbocycles. The fourth-order valence-electron chi connectivity index (χ4n) is 3.67. The van der Waals surface area contributed by atoms with Crippen molar-refractivity contribution >= 4 is 0 Å². The predicted octanol–water partition coefficient (Wildman–Crippen LogP) is 4.58. The van der Waals surface area contributed by atoms with Crippen LogP contribution < -0.4 is 5.32 Å². The fourth-order valence-corrected chi connectivity index (χ4v) is 3.67. The third kappa shape index (κ3) is 5.08. The molecule has 0 amide bonds. The van der Waals surface area contributed by atoms with Crippen LogP contribution in [-0.2, 0) is 0 Å². The fraction of sp³-hybridized carbons (Fsp3) is 0.636. The van der Waals surface area contributed by atoms with Crippen LogP contribution in [0.5, 0.6) is 0 Å². The van der Waals surface area contributed by atoms with Crippen molar-refractivity contribution in [2.45, 2.75) is 58.9 Å². The Morgan fingerprint density at radius 1 is 1.38 bits per heavy atom. The Bertz CT molecular complexity index is 587. The van der Waals surface area contributed by atoms with E-state index in [4.69, 9.17) is 0 Å². The molecule has 4 unspecified atom stereocenters. The number of aliphatic hydroxyl groups excluding tert-OH is 1. The zero-order valence-corrected chi connectivity index (χ0v) is 16.7. The molecule has 0 spiro atoms. The zero-order valence-electron chi connectivity index (χ0n) is 16.7. The van der Waals surface area contributed by atoms with Gasteiger partial charge < -0.3 is 15.3 Å². The Morgan fingerprint density at radius 2 is 2.12 bits per heavy atom. The number of allylic oxidation sites excluding steroid dienone is 1. The molecular weight excluding hydrogens is 327 g/mol. The number of hydrogen-bond donors (Lipinski definition) is 2. The van der Waals surface area contributed by atoms with Crippen LogP contribution in [0.1, 0.15) is 57.4 Å². The normalized spacial score (nSPS) is 27.6. The van der Waals surface area contributed by atoms with Gasteiger partial charge in [-0.3, -0.25) is 0 Å². The number of nitrogens with one attached hydrogen (secondary N) is 1. The second-order valence-corrected chi connectivity index (χ2v) is 7.84. The first-order chi connectivity index (χ1) is 12.4. The Labute approximate surface area is 158 Å². The number of benzene rings is 1. The zero-order chi connectivity index (χ0) is 19.2. The molecule has 1 aliphatic heterocycles. The minimum Gasteiger partial charge on any atom is -0.369 e. The number of nitrogens with zero attached hydrogens (tertiary/aromatic N) is 1. The van der Waals surface area contributed by atoms with E-state index in [2.05, 4.69) is 18.3 Å². The second-order valence-electron chi connectivity index (χ2n) is 7.84. The van der Waals surface area contributed by atoms with E-state index >= 15 is 4.39 Å². The van der Waals surface area contributed by atoms with Crippen LogP contribution in [-0.4, -0.2) is 35.3 Å². The number of unbranched alkanes of at least 4 members (excludes halogenated alkanes) is 1. The Hall–Kier alpha value is -1.39. The summed E-state index contributed by atoms with van der Waals surface area (Å²) < 4.78 is 15.1. The van der Waals surface area contributed by atoms with Crippen molar-refractivity contribution in [2.75, 3.05) is 19.6 Å². The molecule has 1 aromatic carbocycles. The lowest BCUT2D eigenvalue weighted by Crippen LogP contribution is -2.52. The lowest BCUT2D eigenvalue weighted by atomic mass is 9.76. The van der Waals surface area contributed by atoms with Crippen molar-refractivity contribution in [1.82, 2.24) is 10.2 Å². The smallest absolute Gasteiger partial charge is 0.153 e. The quantitative estimate of drug-likeness (QED) is 0.665.